The third-order valence-electron chi connectivity index (χ3n) is 3.60. The van der Waals surface area contributed by atoms with Gasteiger partial charge in [-0.25, -0.2) is 9.78 Å². The van der Waals surface area contributed by atoms with Crippen molar-refractivity contribution in [1.82, 2.24) is 9.36 Å². The van der Waals surface area contributed by atoms with Crippen molar-refractivity contribution in [2.24, 2.45) is 0 Å². The molecule has 140 valence electrons. The molecule has 0 saturated heterocycles. The average molecular weight is 394 g/mol. The standard InChI is InChI=1S/C18H14N6O3S/c1-10-15(16(25)21-12-3-2-4-13(7-12)22-18(26)27)17(28-24-10)23-14-6-5-11(8-19)9-20-14/h2-7,9,22H,1H3,(H,20,23)(H,21,25)(H,26,27). The molecule has 0 unspecified atom stereocenters. The molecule has 0 spiro atoms. The molecule has 2 amide bonds. The molecule has 9 nitrogen and oxygen atoms in total. The number of amides is 2. The van der Waals surface area contributed by atoms with E-state index in [1.165, 1.54) is 12.3 Å². The van der Waals surface area contributed by atoms with Crippen LogP contribution in [0, 0.1) is 18.3 Å². The zero-order valence-corrected chi connectivity index (χ0v) is 15.4. The van der Waals surface area contributed by atoms with Crippen LogP contribution in [0.4, 0.5) is 27.0 Å². The first kappa shape index (κ1) is 18.8. The van der Waals surface area contributed by atoms with Crippen molar-refractivity contribution in [3.63, 3.8) is 0 Å². The highest BCUT2D eigenvalue weighted by Gasteiger charge is 2.19. The number of carbonyl (C=O) groups excluding carboxylic acids is 1. The number of carbonyl (C=O) groups is 2. The number of pyridine rings is 1. The number of anilines is 4. The smallest absolute Gasteiger partial charge is 0.409 e. The Morgan fingerprint density at radius 2 is 1.93 bits per heavy atom. The molecular weight excluding hydrogens is 380 g/mol. The van der Waals surface area contributed by atoms with Gasteiger partial charge in [-0.05, 0) is 48.8 Å². The molecule has 0 bridgehead atoms. The van der Waals surface area contributed by atoms with Crippen molar-refractivity contribution in [3.8, 4) is 6.07 Å². The van der Waals surface area contributed by atoms with Gasteiger partial charge in [0.15, 0.2) is 0 Å². The van der Waals surface area contributed by atoms with E-state index in [2.05, 4.69) is 25.3 Å². The third kappa shape index (κ3) is 4.40. The maximum absolute atomic E-state index is 12.8. The quantitative estimate of drug-likeness (QED) is 0.516. The SMILES string of the molecule is Cc1nsc(Nc2ccc(C#N)cn2)c1C(=O)Nc1cccc(NC(=O)O)c1. The fourth-order valence-corrected chi connectivity index (χ4v) is 3.17. The number of hydrogen-bond donors (Lipinski definition) is 4. The number of rotatable bonds is 5. The summed E-state index contributed by atoms with van der Waals surface area (Å²) in [5.74, 6) is 0.0826. The predicted octanol–water partition coefficient (Wildman–Crippen LogP) is 3.80. The van der Waals surface area contributed by atoms with Gasteiger partial charge in [-0.1, -0.05) is 6.07 Å². The van der Waals surface area contributed by atoms with E-state index < -0.39 is 12.0 Å². The Hall–Kier alpha value is -3.97. The van der Waals surface area contributed by atoms with Crippen LogP contribution < -0.4 is 16.0 Å². The Balaban J connectivity index is 1.80. The van der Waals surface area contributed by atoms with Crippen LogP contribution in [0.25, 0.3) is 0 Å². The van der Waals surface area contributed by atoms with Gasteiger partial charge in [0.2, 0.25) is 0 Å². The van der Waals surface area contributed by atoms with Gasteiger partial charge in [0.25, 0.3) is 5.91 Å². The monoisotopic (exact) mass is 394 g/mol. The van der Waals surface area contributed by atoms with Crippen molar-refractivity contribution < 1.29 is 14.7 Å². The van der Waals surface area contributed by atoms with E-state index >= 15 is 0 Å². The van der Waals surface area contributed by atoms with Crippen LogP contribution in [0.15, 0.2) is 42.6 Å². The fourth-order valence-electron chi connectivity index (χ4n) is 2.36. The normalized spacial score (nSPS) is 10.0. The van der Waals surface area contributed by atoms with Gasteiger partial charge < -0.3 is 15.7 Å². The lowest BCUT2D eigenvalue weighted by Crippen LogP contribution is -2.14. The minimum absolute atomic E-state index is 0.339. The van der Waals surface area contributed by atoms with Crippen LogP contribution in [0.3, 0.4) is 0 Å². The van der Waals surface area contributed by atoms with Crippen molar-refractivity contribution in [2.75, 3.05) is 16.0 Å². The topological polar surface area (TPSA) is 140 Å². The number of hydrogen-bond acceptors (Lipinski definition) is 7. The fraction of sp³-hybridized carbons (Fsp3) is 0.0556. The van der Waals surface area contributed by atoms with Crippen LogP contribution in [-0.2, 0) is 0 Å². The molecule has 4 N–H and O–H groups in total. The van der Waals surface area contributed by atoms with Gasteiger partial charge in [-0.2, -0.15) is 9.64 Å². The van der Waals surface area contributed by atoms with Crippen LogP contribution in [0.5, 0.6) is 0 Å². The summed E-state index contributed by atoms with van der Waals surface area (Å²) in [6.07, 6.45) is 0.236. The summed E-state index contributed by atoms with van der Waals surface area (Å²) in [5, 5.41) is 26.1. The molecule has 0 aliphatic heterocycles. The van der Waals surface area contributed by atoms with Crippen molar-refractivity contribution >= 4 is 45.7 Å². The van der Waals surface area contributed by atoms with Gasteiger partial charge in [0, 0.05) is 17.6 Å². The highest BCUT2D eigenvalue weighted by molar-refractivity contribution is 7.10. The first-order chi connectivity index (χ1) is 13.5. The number of nitrogens with zero attached hydrogens (tertiary/aromatic N) is 3. The molecule has 1 aromatic carbocycles. The van der Waals surface area contributed by atoms with Crippen LogP contribution in [0.1, 0.15) is 21.6 Å². The summed E-state index contributed by atoms with van der Waals surface area (Å²) in [6, 6.07) is 11.6. The Morgan fingerprint density at radius 3 is 2.57 bits per heavy atom. The molecule has 3 aromatic rings. The minimum atomic E-state index is -1.19. The van der Waals surface area contributed by atoms with E-state index in [0.29, 0.717) is 39.0 Å². The second-order valence-corrected chi connectivity index (χ2v) is 6.38. The van der Waals surface area contributed by atoms with Gasteiger partial charge in [-0.3, -0.25) is 10.1 Å². The van der Waals surface area contributed by atoms with Gasteiger partial charge in [-0.15, -0.1) is 0 Å². The Bertz CT molecular complexity index is 1070. The Kier molecular flexibility index (Phi) is 5.48. The highest BCUT2D eigenvalue weighted by Crippen LogP contribution is 2.28. The molecule has 0 aliphatic carbocycles. The summed E-state index contributed by atoms with van der Waals surface area (Å²) in [6.45, 7) is 1.71. The molecule has 0 aliphatic rings. The zero-order chi connectivity index (χ0) is 20.1. The minimum Gasteiger partial charge on any atom is -0.465 e. The predicted molar refractivity (Wildman–Crippen MR) is 105 cm³/mol. The molecule has 10 heteroatoms. The summed E-state index contributed by atoms with van der Waals surface area (Å²) in [5.41, 5.74) is 2.10. The number of nitrogens with one attached hydrogen (secondary N) is 3. The molecule has 3 rings (SSSR count). The number of carboxylic acid groups (broad SMARTS) is 1. The van der Waals surface area contributed by atoms with Gasteiger partial charge >= 0.3 is 6.09 Å². The van der Waals surface area contributed by atoms with E-state index in [0.717, 1.165) is 11.5 Å². The second-order valence-electron chi connectivity index (χ2n) is 5.61. The van der Waals surface area contributed by atoms with E-state index in [9.17, 15) is 9.59 Å². The molecular formula is C18H14N6O3S. The lowest BCUT2D eigenvalue weighted by molar-refractivity contribution is 0.102. The van der Waals surface area contributed by atoms with Crippen molar-refractivity contribution in [3.05, 3.63) is 59.4 Å². The molecule has 0 radical (unpaired) electrons. The largest absolute Gasteiger partial charge is 0.465 e. The van der Waals surface area contributed by atoms with Crippen LogP contribution >= 0.6 is 11.5 Å². The first-order valence-corrected chi connectivity index (χ1v) is 8.74. The maximum atomic E-state index is 12.8. The van der Waals surface area contributed by atoms with E-state index in [1.54, 1.807) is 37.3 Å². The highest BCUT2D eigenvalue weighted by atomic mass is 32.1. The molecule has 0 fully saturated rings. The van der Waals surface area contributed by atoms with E-state index in [1.807, 2.05) is 6.07 Å². The first-order valence-electron chi connectivity index (χ1n) is 7.97. The summed E-state index contributed by atoms with van der Waals surface area (Å²) in [4.78, 5) is 27.6. The lowest BCUT2D eigenvalue weighted by atomic mass is 10.2. The second kappa shape index (κ2) is 8.15. The third-order valence-corrected chi connectivity index (χ3v) is 4.45. The van der Waals surface area contributed by atoms with Crippen molar-refractivity contribution in [2.45, 2.75) is 6.92 Å². The van der Waals surface area contributed by atoms with Gasteiger partial charge in [0.05, 0.1) is 16.8 Å². The number of benzene rings is 1. The van der Waals surface area contributed by atoms with E-state index in [-0.39, 0.29) is 0 Å². The Labute approximate surface area is 163 Å². The van der Waals surface area contributed by atoms with Gasteiger partial charge in [0.1, 0.15) is 16.9 Å². The van der Waals surface area contributed by atoms with E-state index in [4.69, 9.17) is 10.4 Å². The number of aryl methyl sites for hydroxylation is 1. The molecule has 0 atom stereocenters. The average Bonchev–Trinajstić information content (AvgIpc) is 3.02. The molecule has 28 heavy (non-hydrogen) atoms. The summed E-state index contributed by atoms with van der Waals surface area (Å²) in [7, 11) is 0. The van der Waals surface area contributed by atoms with Crippen LogP contribution in [0.2, 0.25) is 0 Å². The molecule has 2 aromatic heterocycles. The Morgan fingerprint density at radius 1 is 1.18 bits per heavy atom. The number of nitriles is 1. The maximum Gasteiger partial charge on any atom is 0.409 e. The van der Waals surface area contributed by atoms with Crippen LogP contribution in [-0.4, -0.2) is 26.5 Å². The summed E-state index contributed by atoms with van der Waals surface area (Å²) >= 11 is 1.11. The summed E-state index contributed by atoms with van der Waals surface area (Å²) < 4.78 is 4.21. The zero-order valence-electron chi connectivity index (χ0n) is 14.6. The molecule has 0 saturated carbocycles. The van der Waals surface area contributed by atoms with Crippen molar-refractivity contribution in [1.29, 1.82) is 5.26 Å². The lowest BCUT2D eigenvalue weighted by Gasteiger charge is -2.09. The number of aromatic nitrogens is 2. The molecule has 2 heterocycles.